The van der Waals surface area contributed by atoms with Crippen LogP contribution in [-0.4, -0.2) is 31.6 Å². The fraction of sp³-hybridized carbons (Fsp3) is 0.625. The van der Waals surface area contributed by atoms with Crippen molar-refractivity contribution in [3.05, 3.63) is 29.8 Å². The third-order valence-corrected chi connectivity index (χ3v) is 4.07. The van der Waals surface area contributed by atoms with Crippen molar-refractivity contribution in [1.29, 1.82) is 0 Å². The predicted molar refractivity (Wildman–Crippen MR) is 79.2 cm³/mol. The highest BCUT2D eigenvalue weighted by atomic mass is 16.5. The lowest BCUT2D eigenvalue weighted by Gasteiger charge is -2.18. The number of nitrogens with two attached hydrogens (primary N) is 1. The van der Waals surface area contributed by atoms with E-state index in [1.807, 2.05) is 12.1 Å². The van der Waals surface area contributed by atoms with Gasteiger partial charge in [-0.3, -0.25) is 4.90 Å². The second kappa shape index (κ2) is 6.92. The molecule has 1 heterocycles. The van der Waals surface area contributed by atoms with Gasteiger partial charge in [-0.25, -0.2) is 0 Å². The third kappa shape index (κ3) is 4.22. The Morgan fingerprint density at radius 1 is 1.37 bits per heavy atom. The van der Waals surface area contributed by atoms with Gasteiger partial charge in [0.1, 0.15) is 5.75 Å². The van der Waals surface area contributed by atoms with Gasteiger partial charge in [0.2, 0.25) is 0 Å². The maximum atomic E-state index is 5.71. The van der Waals surface area contributed by atoms with E-state index in [4.69, 9.17) is 10.5 Å². The average molecular weight is 262 g/mol. The van der Waals surface area contributed by atoms with Gasteiger partial charge in [-0.1, -0.05) is 19.1 Å². The summed E-state index contributed by atoms with van der Waals surface area (Å²) in [5, 5.41) is 0. The molecule has 1 aromatic rings. The lowest BCUT2D eigenvalue weighted by Crippen LogP contribution is -2.21. The molecule has 0 saturated carbocycles. The van der Waals surface area contributed by atoms with Gasteiger partial charge in [-0.15, -0.1) is 0 Å². The molecule has 1 aliphatic heterocycles. The number of benzene rings is 1. The van der Waals surface area contributed by atoms with Crippen molar-refractivity contribution in [2.75, 3.05) is 26.7 Å². The molecule has 0 aromatic heterocycles. The fourth-order valence-electron chi connectivity index (χ4n) is 2.90. The molecule has 19 heavy (non-hydrogen) atoms. The van der Waals surface area contributed by atoms with Crippen molar-refractivity contribution in [3.8, 4) is 5.75 Å². The molecule has 2 unspecified atom stereocenters. The van der Waals surface area contributed by atoms with Crippen LogP contribution in [0.15, 0.2) is 24.3 Å². The lowest BCUT2D eigenvalue weighted by atomic mass is 9.95. The minimum atomic E-state index is 0.658. The van der Waals surface area contributed by atoms with E-state index in [-0.39, 0.29) is 0 Å². The molecule has 2 N–H and O–H groups in total. The highest BCUT2D eigenvalue weighted by Gasteiger charge is 2.23. The molecule has 0 bridgehead atoms. The van der Waals surface area contributed by atoms with E-state index >= 15 is 0 Å². The number of methoxy groups -OCH3 is 1. The van der Waals surface area contributed by atoms with Crippen LogP contribution >= 0.6 is 0 Å². The van der Waals surface area contributed by atoms with Crippen LogP contribution in [0.4, 0.5) is 0 Å². The number of hydrogen-bond donors (Lipinski definition) is 1. The standard InChI is InChI=1S/C16H26N2O/c1-13(10-17)9-15-7-8-18(12-15)11-14-3-5-16(19-2)6-4-14/h3-6,13,15H,7-12,17H2,1-2H3. The Balaban J connectivity index is 1.80. The first-order valence-electron chi connectivity index (χ1n) is 7.26. The number of ether oxygens (including phenoxy) is 1. The molecule has 1 aromatic carbocycles. The second-order valence-corrected chi connectivity index (χ2v) is 5.81. The Labute approximate surface area is 116 Å². The summed E-state index contributed by atoms with van der Waals surface area (Å²) in [6.07, 6.45) is 2.59. The van der Waals surface area contributed by atoms with E-state index in [2.05, 4.69) is 24.0 Å². The molecule has 0 aliphatic carbocycles. The summed E-state index contributed by atoms with van der Waals surface area (Å²) in [7, 11) is 1.71. The summed E-state index contributed by atoms with van der Waals surface area (Å²) >= 11 is 0. The summed E-state index contributed by atoms with van der Waals surface area (Å²) in [5.74, 6) is 2.42. The van der Waals surface area contributed by atoms with E-state index < -0.39 is 0 Å². The minimum absolute atomic E-state index is 0.658. The molecule has 0 amide bonds. The molecule has 1 aliphatic rings. The van der Waals surface area contributed by atoms with Crippen molar-refractivity contribution in [3.63, 3.8) is 0 Å². The first-order valence-corrected chi connectivity index (χ1v) is 7.26. The summed E-state index contributed by atoms with van der Waals surface area (Å²) in [6.45, 7) is 6.56. The van der Waals surface area contributed by atoms with E-state index in [9.17, 15) is 0 Å². The number of hydrogen-bond acceptors (Lipinski definition) is 3. The summed E-state index contributed by atoms with van der Waals surface area (Å²) < 4.78 is 5.19. The van der Waals surface area contributed by atoms with Gasteiger partial charge in [-0.05, 0) is 55.5 Å². The normalized spacial score (nSPS) is 21.5. The molecule has 2 rings (SSSR count). The quantitative estimate of drug-likeness (QED) is 0.856. The lowest BCUT2D eigenvalue weighted by molar-refractivity contribution is 0.303. The van der Waals surface area contributed by atoms with Crippen LogP contribution in [0.3, 0.4) is 0 Å². The predicted octanol–water partition coefficient (Wildman–Crippen LogP) is 2.50. The molecule has 2 atom stereocenters. The maximum Gasteiger partial charge on any atom is 0.118 e. The van der Waals surface area contributed by atoms with Gasteiger partial charge < -0.3 is 10.5 Å². The van der Waals surface area contributed by atoms with Gasteiger partial charge >= 0.3 is 0 Å². The summed E-state index contributed by atoms with van der Waals surface area (Å²) in [5.41, 5.74) is 7.08. The molecule has 1 fully saturated rings. The molecular weight excluding hydrogens is 236 g/mol. The van der Waals surface area contributed by atoms with Crippen LogP contribution in [0.1, 0.15) is 25.3 Å². The molecule has 3 nitrogen and oxygen atoms in total. The van der Waals surface area contributed by atoms with Crippen molar-refractivity contribution >= 4 is 0 Å². The Morgan fingerprint density at radius 2 is 2.11 bits per heavy atom. The highest BCUT2D eigenvalue weighted by molar-refractivity contribution is 5.27. The van der Waals surface area contributed by atoms with Crippen LogP contribution in [0.5, 0.6) is 5.75 Å². The number of nitrogens with zero attached hydrogens (tertiary/aromatic N) is 1. The molecular formula is C16H26N2O. The Hall–Kier alpha value is -1.06. The minimum Gasteiger partial charge on any atom is -0.497 e. The topological polar surface area (TPSA) is 38.5 Å². The van der Waals surface area contributed by atoms with Gasteiger partial charge in [0.05, 0.1) is 7.11 Å². The van der Waals surface area contributed by atoms with Crippen molar-refractivity contribution in [2.24, 2.45) is 17.6 Å². The van der Waals surface area contributed by atoms with E-state index in [1.165, 1.54) is 31.5 Å². The Morgan fingerprint density at radius 3 is 2.74 bits per heavy atom. The Bertz CT molecular complexity index is 377. The zero-order valence-electron chi connectivity index (χ0n) is 12.1. The molecule has 3 heteroatoms. The van der Waals surface area contributed by atoms with Gasteiger partial charge in [0, 0.05) is 13.1 Å². The SMILES string of the molecule is COc1ccc(CN2CCC(CC(C)CN)C2)cc1. The fourth-order valence-corrected chi connectivity index (χ4v) is 2.90. The highest BCUT2D eigenvalue weighted by Crippen LogP contribution is 2.24. The molecule has 1 saturated heterocycles. The first kappa shape index (κ1) is 14.4. The van der Waals surface area contributed by atoms with E-state index in [1.54, 1.807) is 7.11 Å². The number of likely N-dealkylation sites (tertiary alicyclic amines) is 1. The van der Waals surface area contributed by atoms with Crippen molar-refractivity contribution in [1.82, 2.24) is 4.90 Å². The zero-order valence-corrected chi connectivity index (χ0v) is 12.1. The van der Waals surface area contributed by atoms with Crippen molar-refractivity contribution < 1.29 is 4.74 Å². The smallest absolute Gasteiger partial charge is 0.118 e. The summed E-state index contributed by atoms with van der Waals surface area (Å²) in [4.78, 5) is 2.55. The number of rotatable bonds is 6. The maximum absolute atomic E-state index is 5.71. The zero-order chi connectivity index (χ0) is 13.7. The summed E-state index contributed by atoms with van der Waals surface area (Å²) in [6, 6.07) is 8.40. The van der Waals surface area contributed by atoms with Gasteiger partial charge in [0.25, 0.3) is 0 Å². The average Bonchev–Trinajstić information content (AvgIpc) is 2.86. The van der Waals surface area contributed by atoms with Crippen LogP contribution < -0.4 is 10.5 Å². The van der Waals surface area contributed by atoms with Crippen LogP contribution in [0.2, 0.25) is 0 Å². The van der Waals surface area contributed by atoms with Crippen LogP contribution in [0.25, 0.3) is 0 Å². The van der Waals surface area contributed by atoms with Crippen molar-refractivity contribution in [2.45, 2.75) is 26.3 Å². The van der Waals surface area contributed by atoms with E-state index in [0.717, 1.165) is 24.8 Å². The Kier molecular flexibility index (Phi) is 5.23. The van der Waals surface area contributed by atoms with Gasteiger partial charge in [-0.2, -0.15) is 0 Å². The monoisotopic (exact) mass is 262 g/mol. The first-order chi connectivity index (χ1) is 9.21. The largest absolute Gasteiger partial charge is 0.497 e. The van der Waals surface area contributed by atoms with Crippen LogP contribution in [-0.2, 0) is 6.54 Å². The molecule has 106 valence electrons. The molecule has 0 radical (unpaired) electrons. The molecule has 0 spiro atoms. The second-order valence-electron chi connectivity index (χ2n) is 5.81. The van der Waals surface area contributed by atoms with E-state index in [0.29, 0.717) is 5.92 Å². The third-order valence-electron chi connectivity index (χ3n) is 4.07. The van der Waals surface area contributed by atoms with Crippen LogP contribution in [0, 0.1) is 11.8 Å². The van der Waals surface area contributed by atoms with Gasteiger partial charge in [0.15, 0.2) is 0 Å².